The average molecular weight is 407 g/mol. The first-order chi connectivity index (χ1) is 11.5. The minimum absolute atomic E-state index is 0.123. The first-order valence-corrected chi connectivity index (χ1v) is 9.90. The van der Waals surface area contributed by atoms with Gasteiger partial charge in [-0.1, -0.05) is 34.2 Å². The molecule has 0 aromatic heterocycles. The summed E-state index contributed by atoms with van der Waals surface area (Å²) < 4.78 is 6.72. The van der Waals surface area contributed by atoms with Crippen molar-refractivity contribution < 1.29 is 4.74 Å². The highest BCUT2D eigenvalue weighted by Gasteiger charge is 2.58. The van der Waals surface area contributed by atoms with Crippen LogP contribution in [0.5, 0.6) is 0 Å². The van der Waals surface area contributed by atoms with Gasteiger partial charge in [-0.25, -0.2) is 0 Å². The Balaban J connectivity index is 1.86. The van der Waals surface area contributed by atoms with Crippen LogP contribution in [-0.4, -0.2) is 23.9 Å². The Labute approximate surface area is 157 Å². The number of ether oxygens (including phenoxy) is 1. The van der Waals surface area contributed by atoms with Crippen molar-refractivity contribution in [2.24, 2.45) is 10.4 Å². The quantitative estimate of drug-likeness (QED) is 0.696. The van der Waals surface area contributed by atoms with Crippen LogP contribution in [0.4, 0.5) is 0 Å². The summed E-state index contributed by atoms with van der Waals surface area (Å²) in [4.78, 5) is 5.98. The Morgan fingerprint density at radius 1 is 1.29 bits per heavy atom. The van der Waals surface area contributed by atoms with Gasteiger partial charge in [-0.15, -0.1) is 0 Å². The second kappa shape index (κ2) is 5.89. The lowest BCUT2D eigenvalue weighted by molar-refractivity contribution is -0.0251. The van der Waals surface area contributed by atoms with Gasteiger partial charge in [-0.2, -0.15) is 0 Å². The third kappa shape index (κ3) is 2.31. The van der Waals surface area contributed by atoms with Gasteiger partial charge in [-0.05, 0) is 63.1 Å². The molecule has 3 nitrogen and oxygen atoms in total. The van der Waals surface area contributed by atoms with E-state index in [0.717, 1.165) is 53.7 Å². The fraction of sp³-hybridized carbons (Fsp3) is 0.579. The maximum atomic E-state index is 5.62. The molecule has 2 spiro atoms. The lowest BCUT2D eigenvalue weighted by atomic mass is 9.57. The van der Waals surface area contributed by atoms with Crippen molar-refractivity contribution in [1.82, 2.24) is 5.32 Å². The molecular weight excluding hydrogens is 384 g/mol. The van der Waals surface area contributed by atoms with E-state index >= 15 is 0 Å². The Morgan fingerprint density at radius 2 is 2.04 bits per heavy atom. The SMILES string of the molecule is COC1CCC2(CCc3ccc(Br)cc3C23N=C(C)C(=S)N3)CC1. The molecule has 5 heteroatoms. The van der Waals surface area contributed by atoms with Crippen LogP contribution in [0.25, 0.3) is 0 Å². The molecule has 0 amide bonds. The predicted octanol–water partition coefficient (Wildman–Crippen LogP) is 4.52. The van der Waals surface area contributed by atoms with E-state index in [1.807, 2.05) is 14.0 Å². The van der Waals surface area contributed by atoms with Gasteiger partial charge >= 0.3 is 0 Å². The van der Waals surface area contributed by atoms with Gasteiger partial charge in [0.1, 0.15) is 4.99 Å². The number of aryl methyl sites for hydroxylation is 1. The first-order valence-electron chi connectivity index (χ1n) is 8.70. The van der Waals surface area contributed by atoms with Gasteiger partial charge in [-0.3, -0.25) is 4.99 Å². The number of hydrogen-bond donors (Lipinski definition) is 1. The largest absolute Gasteiger partial charge is 0.381 e. The van der Waals surface area contributed by atoms with E-state index < -0.39 is 5.66 Å². The lowest BCUT2D eigenvalue weighted by Gasteiger charge is -2.53. The summed E-state index contributed by atoms with van der Waals surface area (Å²) in [6.07, 6.45) is 7.12. The zero-order chi connectivity index (χ0) is 16.9. The monoisotopic (exact) mass is 406 g/mol. The fourth-order valence-electron chi connectivity index (χ4n) is 4.90. The molecule has 128 valence electrons. The van der Waals surface area contributed by atoms with Crippen LogP contribution < -0.4 is 5.32 Å². The van der Waals surface area contributed by atoms with Gasteiger partial charge in [0, 0.05) is 22.6 Å². The Bertz CT molecular complexity index is 724. The number of fused-ring (bicyclic) bond motifs is 3. The molecule has 1 aromatic carbocycles. The third-order valence-corrected chi connectivity index (χ3v) is 7.17. The standard InChI is InChI=1S/C19H23BrN2OS/c1-12-17(24)22-19(21-12)16-11-14(20)4-3-13(16)5-8-18(19)9-6-15(23-2)7-10-18/h3-4,11,15H,5-10H2,1-2H3,(H,22,24). The van der Waals surface area contributed by atoms with Gasteiger partial charge in [0.15, 0.2) is 5.66 Å². The summed E-state index contributed by atoms with van der Waals surface area (Å²) in [5, 5.41) is 3.66. The molecule has 1 aromatic rings. The molecule has 1 heterocycles. The number of halogens is 1. The van der Waals surface area contributed by atoms with E-state index in [0.29, 0.717) is 6.10 Å². The van der Waals surface area contributed by atoms with Crippen molar-refractivity contribution in [2.75, 3.05) is 7.11 Å². The highest BCUT2D eigenvalue weighted by Crippen LogP contribution is 2.58. The number of rotatable bonds is 1. The van der Waals surface area contributed by atoms with E-state index in [1.165, 1.54) is 11.1 Å². The lowest BCUT2D eigenvalue weighted by Crippen LogP contribution is -2.57. The molecule has 1 N–H and O–H groups in total. The minimum atomic E-state index is -0.399. The topological polar surface area (TPSA) is 33.6 Å². The summed E-state index contributed by atoms with van der Waals surface area (Å²) in [5.41, 5.74) is 3.39. The number of methoxy groups -OCH3 is 1. The number of hydrogen-bond acceptors (Lipinski definition) is 3. The third-order valence-electron chi connectivity index (χ3n) is 6.28. The summed E-state index contributed by atoms with van der Waals surface area (Å²) in [6, 6.07) is 6.62. The Morgan fingerprint density at radius 3 is 2.67 bits per heavy atom. The number of nitrogens with one attached hydrogen (secondary N) is 1. The highest BCUT2D eigenvalue weighted by molar-refractivity contribution is 9.10. The molecule has 0 saturated heterocycles. The van der Waals surface area contributed by atoms with Crippen molar-refractivity contribution in [2.45, 2.75) is 57.2 Å². The Hall–Kier alpha value is -0.780. The van der Waals surface area contributed by atoms with E-state index in [4.69, 9.17) is 21.9 Å². The molecular formula is C19H23BrN2OS. The molecule has 1 fully saturated rings. The fourth-order valence-corrected chi connectivity index (χ4v) is 5.45. The van der Waals surface area contributed by atoms with Crippen LogP contribution in [0.3, 0.4) is 0 Å². The zero-order valence-electron chi connectivity index (χ0n) is 14.2. The van der Waals surface area contributed by atoms with Gasteiger partial charge < -0.3 is 10.1 Å². The van der Waals surface area contributed by atoms with E-state index in [9.17, 15) is 0 Å². The molecule has 4 rings (SSSR count). The van der Waals surface area contributed by atoms with Crippen molar-refractivity contribution >= 4 is 38.8 Å². The normalized spacial score (nSPS) is 35.0. The van der Waals surface area contributed by atoms with Crippen LogP contribution in [0.2, 0.25) is 0 Å². The number of aliphatic imine (C=N–C) groups is 1. The van der Waals surface area contributed by atoms with Crippen LogP contribution in [0.1, 0.15) is 50.2 Å². The van der Waals surface area contributed by atoms with Gasteiger partial charge in [0.2, 0.25) is 0 Å². The molecule has 1 saturated carbocycles. The number of benzene rings is 1. The van der Waals surface area contributed by atoms with Crippen LogP contribution >= 0.6 is 28.1 Å². The van der Waals surface area contributed by atoms with Crippen LogP contribution in [-0.2, 0) is 16.8 Å². The molecule has 2 aliphatic carbocycles. The summed E-state index contributed by atoms with van der Waals surface area (Å²) in [5.74, 6) is 0. The molecule has 1 unspecified atom stereocenters. The maximum absolute atomic E-state index is 5.62. The number of thiocarbonyl (C=S) groups is 1. The molecule has 0 bridgehead atoms. The Kier molecular flexibility index (Phi) is 4.09. The highest BCUT2D eigenvalue weighted by atomic mass is 79.9. The minimum Gasteiger partial charge on any atom is -0.381 e. The number of nitrogens with zero attached hydrogens (tertiary/aromatic N) is 1. The predicted molar refractivity (Wildman–Crippen MR) is 105 cm³/mol. The second-order valence-corrected chi connectivity index (χ2v) is 8.70. The van der Waals surface area contributed by atoms with Crippen molar-refractivity contribution in [3.63, 3.8) is 0 Å². The van der Waals surface area contributed by atoms with Crippen molar-refractivity contribution in [3.05, 3.63) is 33.8 Å². The second-order valence-electron chi connectivity index (χ2n) is 7.38. The molecule has 3 aliphatic rings. The van der Waals surface area contributed by atoms with Crippen molar-refractivity contribution in [3.8, 4) is 0 Å². The van der Waals surface area contributed by atoms with E-state index in [-0.39, 0.29) is 5.41 Å². The summed E-state index contributed by atoms with van der Waals surface area (Å²) in [6.45, 7) is 2.03. The van der Waals surface area contributed by atoms with Gasteiger partial charge in [0.05, 0.1) is 11.8 Å². The molecule has 1 atom stereocenters. The van der Waals surface area contributed by atoms with E-state index in [2.05, 4.69) is 39.4 Å². The van der Waals surface area contributed by atoms with E-state index in [1.54, 1.807) is 0 Å². The van der Waals surface area contributed by atoms with Crippen LogP contribution in [0.15, 0.2) is 27.7 Å². The summed E-state index contributed by atoms with van der Waals surface area (Å²) in [7, 11) is 1.83. The molecule has 24 heavy (non-hydrogen) atoms. The maximum Gasteiger partial charge on any atom is 0.162 e. The molecule has 0 radical (unpaired) electrons. The average Bonchev–Trinajstić information content (AvgIpc) is 2.89. The van der Waals surface area contributed by atoms with Crippen LogP contribution in [0, 0.1) is 5.41 Å². The smallest absolute Gasteiger partial charge is 0.162 e. The summed E-state index contributed by atoms with van der Waals surface area (Å²) >= 11 is 9.23. The molecule has 1 aliphatic heterocycles. The van der Waals surface area contributed by atoms with Crippen molar-refractivity contribution in [1.29, 1.82) is 0 Å². The van der Waals surface area contributed by atoms with Gasteiger partial charge in [0.25, 0.3) is 0 Å². The zero-order valence-corrected chi connectivity index (χ0v) is 16.6. The first kappa shape index (κ1) is 16.7.